The van der Waals surface area contributed by atoms with Gasteiger partial charge in [-0.25, -0.2) is 0 Å². The monoisotopic (exact) mass is 265 g/mol. The Bertz CT molecular complexity index is 360. The van der Waals surface area contributed by atoms with E-state index in [0.29, 0.717) is 13.1 Å². The highest BCUT2D eigenvalue weighted by molar-refractivity contribution is 5.18. The molecule has 0 aliphatic rings. The van der Waals surface area contributed by atoms with Crippen LogP contribution in [0.15, 0.2) is 30.3 Å². The Labute approximate surface area is 116 Å². The molecule has 2 N–H and O–H groups in total. The molecule has 1 aromatic rings. The molecule has 0 saturated carbocycles. The van der Waals surface area contributed by atoms with E-state index in [2.05, 4.69) is 24.0 Å². The summed E-state index contributed by atoms with van der Waals surface area (Å²) in [6.07, 6.45) is 0. The molecule has 19 heavy (non-hydrogen) atoms. The maximum Gasteiger partial charge on any atom is 0.0718 e. The van der Waals surface area contributed by atoms with Gasteiger partial charge in [-0.2, -0.15) is 0 Å². The van der Waals surface area contributed by atoms with Crippen molar-refractivity contribution in [3.63, 3.8) is 0 Å². The zero-order valence-electron chi connectivity index (χ0n) is 12.7. The lowest BCUT2D eigenvalue weighted by Crippen LogP contribution is -2.46. The van der Waals surface area contributed by atoms with Gasteiger partial charge in [-0.3, -0.25) is 4.90 Å². The normalized spacial score (nSPS) is 14.7. The first-order valence-corrected chi connectivity index (χ1v) is 6.82. The van der Waals surface area contributed by atoms with Gasteiger partial charge in [-0.05, 0) is 40.2 Å². The Morgan fingerprint density at radius 2 is 1.37 bits per heavy atom. The molecule has 1 rings (SSSR count). The minimum Gasteiger partial charge on any atom is -0.389 e. The van der Waals surface area contributed by atoms with Crippen LogP contribution in [0.25, 0.3) is 0 Å². The van der Waals surface area contributed by atoms with Gasteiger partial charge in [0, 0.05) is 19.1 Å². The Balaban J connectivity index is 2.90. The molecule has 108 valence electrons. The van der Waals surface area contributed by atoms with Crippen LogP contribution in [0.2, 0.25) is 0 Å². The summed E-state index contributed by atoms with van der Waals surface area (Å²) in [6, 6.07) is 10.3. The van der Waals surface area contributed by atoms with Crippen LogP contribution >= 0.6 is 0 Å². The van der Waals surface area contributed by atoms with Crippen molar-refractivity contribution in [2.75, 3.05) is 13.1 Å². The van der Waals surface area contributed by atoms with E-state index in [-0.39, 0.29) is 6.04 Å². The van der Waals surface area contributed by atoms with E-state index < -0.39 is 11.2 Å². The summed E-state index contributed by atoms with van der Waals surface area (Å²) in [4.78, 5) is 2.12. The average molecular weight is 265 g/mol. The first-order valence-electron chi connectivity index (χ1n) is 6.82. The smallest absolute Gasteiger partial charge is 0.0718 e. The van der Waals surface area contributed by atoms with Gasteiger partial charge in [0.2, 0.25) is 0 Å². The number of aliphatic hydroxyl groups is 2. The molecule has 0 radical (unpaired) electrons. The Kier molecular flexibility index (Phi) is 5.13. The van der Waals surface area contributed by atoms with Gasteiger partial charge in [0.25, 0.3) is 0 Å². The molecule has 0 aliphatic heterocycles. The molecule has 1 atom stereocenters. The van der Waals surface area contributed by atoms with Gasteiger partial charge in [0.1, 0.15) is 0 Å². The summed E-state index contributed by atoms with van der Waals surface area (Å²) in [5, 5.41) is 20.1. The minimum atomic E-state index is -0.783. The topological polar surface area (TPSA) is 43.7 Å². The second-order valence-corrected chi connectivity index (χ2v) is 6.62. The Hall–Kier alpha value is -0.900. The van der Waals surface area contributed by atoms with Gasteiger partial charge < -0.3 is 10.2 Å². The summed E-state index contributed by atoms with van der Waals surface area (Å²) >= 11 is 0. The number of rotatable bonds is 6. The van der Waals surface area contributed by atoms with Gasteiger partial charge in [0.15, 0.2) is 0 Å². The molecular formula is C16H27NO2. The van der Waals surface area contributed by atoms with E-state index in [1.165, 1.54) is 5.56 Å². The van der Waals surface area contributed by atoms with Crippen LogP contribution in [-0.4, -0.2) is 39.4 Å². The van der Waals surface area contributed by atoms with Crippen molar-refractivity contribution < 1.29 is 10.2 Å². The van der Waals surface area contributed by atoms with Crippen LogP contribution in [0.3, 0.4) is 0 Å². The standard InChI is InChI=1S/C16H27NO2/c1-13(14-9-7-6-8-10-14)17(11-15(2,3)18)12-16(4,5)19/h6-10,13,18-19H,11-12H2,1-5H3/t13-/m0/s1. The van der Waals surface area contributed by atoms with Crippen molar-refractivity contribution in [1.82, 2.24) is 4.90 Å². The fourth-order valence-electron chi connectivity index (χ4n) is 2.27. The molecule has 0 spiro atoms. The third-order valence-electron chi connectivity index (χ3n) is 3.01. The Morgan fingerprint density at radius 3 is 1.74 bits per heavy atom. The molecule has 0 aliphatic carbocycles. The molecule has 3 nitrogen and oxygen atoms in total. The van der Waals surface area contributed by atoms with Gasteiger partial charge in [-0.15, -0.1) is 0 Å². The van der Waals surface area contributed by atoms with Crippen LogP contribution in [0.1, 0.15) is 46.2 Å². The zero-order chi connectivity index (χ0) is 14.7. The quantitative estimate of drug-likeness (QED) is 0.831. The lowest BCUT2D eigenvalue weighted by atomic mass is 10.0. The van der Waals surface area contributed by atoms with Crippen molar-refractivity contribution in [2.24, 2.45) is 0 Å². The van der Waals surface area contributed by atoms with E-state index >= 15 is 0 Å². The molecule has 0 bridgehead atoms. The summed E-state index contributed by atoms with van der Waals surface area (Å²) in [5.74, 6) is 0. The van der Waals surface area contributed by atoms with Crippen LogP contribution < -0.4 is 0 Å². The van der Waals surface area contributed by atoms with Crippen LogP contribution in [0, 0.1) is 0 Å². The zero-order valence-corrected chi connectivity index (χ0v) is 12.7. The highest BCUT2D eigenvalue weighted by Crippen LogP contribution is 2.24. The number of nitrogens with zero attached hydrogens (tertiary/aromatic N) is 1. The van der Waals surface area contributed by atoms with E-state index in [4.69, 9.17) is 0 Å². The molecule has 0 aromatic heterocycles. The number of hydrogen-bond donors (Lipinski definition) is 2. The lowest BCUT2D eigenvalue weighted by molar-refractivity contribution is -0.0220. The van der Waals surface area contributed by atoms with Gasteiger partial charge >= 0.3 is 0 Å². The molecular weight excluding hydrogens is 238 g/mol. The lowest BCUT2D eigenvalue weighted by Gasteiger charge is -2.37. The first-order chi connectivity index (χ1) is 8.58. The molecule has 0 saturated heterocycles. The SMILES string of the molecule is C[C@@H](c1ccccc1)N(CC(C)(C)O)CC(C)(C)O. The van der Waals surface area contributed by atoms with Crippen LogP contribution in [0.5, 0.6) is 0 Å². The third kappa shape index (κ3) is 6.19. The highest BCUT2D eigenvalue weighted by atomic mass is 16.3. The summed E-state index contributed by atoms with van der Waals surface area (Å²) in [5.41, 5.74) is -0.376. The average Bonchev–Trinajstić information content (AvgIpc) is 2.24. The molecule has 1 aromatic carbocycles. The van der Waals surface area contributed by atoms with Crippen molar-refractivity contribution in [3.05, 3.63) is 35.9 Å². The summed E-state index contributed by atoms with van der Waals surface area (Å²) in [7, 11) is 0. The van der Waals surface area contributed by atoms with E-state index in [0.717, 1.165) is 0 Å². The van der Waals surface area contributed by atoms with Gasteiger partial charge in [0.05, 0.1) is 11.2 Å². The fourth-order valence-corrected chi connectivity index (χ4v) is 2.27. The predicted molar refractivity (Wildman–Crippen MR) is 79.0 cm³/mol. The first kappa shape index (κ1) is 16.2. The van der Waals surface area contributed by atoms with E-state index in [1.807, 2.05) is 18.2 Å². The summed E-state index contributed by atoms with van der Waals surface area (Å²) < 4.78 is 0. The van der Waals surface area contributed by atoms with E-state index in [9.17, 15) is 10.2 Å². The fraction of sp³-hybridized carbons (Fsp3) is 0.625. The van der Waals surface area contributed by atoms with Crippen molar-refractivity contribution in [1.29, 1.82) is 0 Å². The number of hydrogen-bond acceptors (Lipinski definition) is 3. The van der Waals surface area contributed by atoms with Gasteiger partial charge in [-0.1, -0.05) is 30.3 Å². The number of benzene rings is 1. The predicted octanol–water partition coefficient (Wildman–Crippen LogP) is 2.59. The highest BCUT2D eigenvalue weighted by Gasteiger charge is 2.27. The third-order valence-corrected chi connectivity index (χ3v) is 3.01. The molecule has 0 heterocycles. The van der Waals surface area contributed by atoms with Crippen molar-refractivity contribution in [3.8, 4) is 0 Å². The molecule has 0 amide bonds. The summed E-state index contributed by atoms with van der Waals surface area (Å²) in [6.45, 7) is 10.3. The maximum atomic E-state index is 10.1. The van der Waals surface area contributed by atoms with Crippen LogP contribution in [-0.2, 0) is 0 Å². The van der Waals surface area contributed by atoms with Crippen molar-refractivity contribution >= 4 is 0 Å². The maximum absolute atomic E-state index is 10.1. The largest absolute Gasteiger partial charge is 0.389 e. The minimum absolute atomic E-state index is 0.152. The van der Waals surface area contributed by atoms with Crippen molar-refractivity contribution in [2.45, 2.75) is 51.9 Å². The second-order valence-electron chi connectivity index (χ2n) is 6.62. The second kappa shape index (κ2) is 6.04. The molecule has 0 unspecified atom stereocenters. The van der Waals surface area contributed by atoms with Crippen LogP contribution in [0.4, 0.5) is 0 Å². The van der Waals surface area contributed by atoms with E-state index in [1.54, 1.807) is 27.7 Å². The Morgan fingerprint density at radius 1 is 0.947 bits per heavy atom. The molecule has 0 fully saturated rings. The molecule has 3 heteroatoms.